The Morgan fingerprint density at radius 3 is 2.76 bits per heavy atom. The minimum absolute atomic E-state index is 0.0622. The van der Waals surface area contributed by atoms with Crippen LogP contribution >= 0.6 is 0 Å². The average molecular weight is 236 g/mol. The van der Waals surface area contributed by atoms with Crippen LogP contribution in [-0.4, -0.2) is 15.2 Å². The van der Waals surface area contributed by atoms with E-state index in [1.165, 1.54) is 6.07 Å². The Labute approximate surface area is 94.5 Å². The molecular weight excluding hydrogens is 227 g/mol. The summed E-state index contributed by atoms with van der Waals surface area (Å²) in [4.78, 5) is 24.0. The summed E-state index contributed by atoms with van der Waals surface area (Å²) in [6, 6.07) is 6.16. The Morgan fingerprint density at radius 1 is 1.29 bits per heavy atom. The Morgan fingerprint density at radius 2 is 2.06 bits per heavy atom. The number of aromatic nitrogens is 3. The molecule has 0 saturated carbocycles. The van der Waals surface area contributed by atoms with Gasteiger partial charge in [-0.2, -0.15) is 0 Å². The van der Waals surface area contributed by atoms with Crippen molar-refractivity contribution in [2.45, 2.75) is 6.54 Å². The number of nitrogens with zero attached hydrogens (tertiary/aromatic N) is 1. The van der Waals surface area contributed by atoms with E-state index in [1.807, 2.05) is 4.98 Å². The van der Waals surface area contributed by atoms with E-state index in [2.05, 4.69) is 15.5 Å². The Hall–Kier alpha value is -2.44. The van der Waals surface area contributed by atoms with E-state index >= 15 is 0 Å². The minimum atomic E-state index is -0.688. The van der Waals surface area contributed by atoms with Crippen LogP contribution < -0.4 is 16.6 Å². The maximum absolute atomic E-state index is 13.3. The van der Waals surface area contributed by atoms with Crippen LogP contribution in [0.25, 0.3) is 0 Å². The molecule has 88 valence electrons. The van der Waals surface area contributed by atoms with Gasteiger partial charge in [-0.1, -0.05) is 18.2 Å². The Balaban J connectivity index is 2.16. The Bertz CT molecular complexity index is 634. The van der Waals surface area contributed by atoms with Gasteiger partial charge in [-0.15, -0.1) is 5.10 Å². The number of halogens is 1. The maximum Gasteiger partial charge on any atom is 0.342 e. The molecule has 0 unspecified atom stereocenters. The van der Waals surface area contributed by atoms with Crippen LogP contribution in [0.15, 0.2) is 33.9 Å². The predicted molar refractivity (Wildman–Crippen MR) is 59.2 cm³/mol. The quantitative estimate of drug-likeness (QED) is 0.710. The van der Waals surface area contributed by atoms with Crippen molar-refractivity contribution in [2.75, 3.05) is 5.32 Å². The number of hydrogen-bond acceptors (Lipinski definition) is 4. The van der Waals surface area contributed by atoms with E-state index in [0.717, 1.165) is 0 Å². The second-order valence-electron chi connectivity index (χ2n) is 3.30. The van der Waals surface area contributed by atoms with Crippen LogP contribution in [0.3, 0.4) is 0 Å². The van der Waals surface area contributed by atoms with Gasteiger partial charge >= 0.3 is 5.69 Å². The molecule has 2 rings (SSSR count). The van der Waals surface area contributed by atoms with Crippen LogP contribution in [0.5, 0.6) is 0 Å². The van der Waals surface area contributed by atoms with Gasteiger partial charge in [-0.25, -0.2) is 14.3 Å². The highest BCUT2D eigenvalue weighted by molar-refractivity contribution is 5.31. The van der Waals surface area contributed by atoms with Crippen molar-refractivity contribution >= 4 is 5.82 Å². The number of hydrogen-bond donors (Lipinski definition) is 3. The van der Waals surface area contributed by atoms with E-state index in [9.17, 15) is 14.0 Å². The zero-order valence-corrected chi connectivity index (χ0v) is 8.66. The number of nitrogens with one attached hydrogen (secondary N) is 3. The molecule has 7 heteroatoms. The lowest BCUT2D eigenvalue weighted by molar-refractivity contribution is 0.612. The van der Waals surface area contributed by atoms with Gasteiger partial charge in [-0.3, -0.25) is 9.78 Å². The largest absolute Gasteiger partial charge is 0.360 e. The van der Waals surface area contributed by atoms with Crippen molar-refractivity contribution in [1.82, 2.24) is 15.2 Å². The van der Waals surface area contributed by atoms with Crippen LogP contribution in [-0.2, 0) is 6.54 Å². The molecule has 6 nitrogen and oxygen atoms in total. The molecule has 0 radical (unpaired) electrons. The molecule has 0 saturated heterocycles. The third-order valence-electron chi connectivity index (χ3n) is 2.12. The van der Waals surface area contributed by atoms with E-state index in [1.54, 1.807) is 18.2 Å². The van der Waals surface area contributed by atoms with Gasteiger partial charge in [0.1, 0.15) is 5.82 Å². The fraction of sp³-hybridized carbons (Fsp3) is 0.100. The molecule has 0 aliphatic heterocycles. The van der Waals surface area contributed by atoms with Crippen molar-refractivity contribution in [3.63, 3.8) is 0 Å². The first-order chi connectivity index (χ1) is 8.16. The lowest BCUT2D eigenvalue weighted by atomic mass is 10.2. The zero-order chi connectivity index (χ0) is 12.3. The maximum atomic E-state index is 13.3. The van der Waals surface area contributed by atoms with Gasteiger partial charge in [-0.05, 0) is 6.07 Å². The van der Waals surface area contributed by atoms with Gasteiger partial charge in [0.2, 0.25) is 5.82 Å². The topological polar surface area (TPSA) is 90.6 Å². The molecular formula is C10H9FN4O2. The number of anilines is 1. The summed E-state index contributed by atoms with van der Waals surface area (Å²) in [6.45, 7) is 0.106. The zero-order valence-electron chi connectivity index (χ0n) is 8.66. The SMILES string of the molecule is O=c1[nH]nc(NCc2ccccc2F)c(=O)[nH]1. The van der Waals surface area contributed by atoms with E-state index < -0.39 is 11.2 Å². The van der Waals surface area contributed by atoms with Crippen molar-refractivity contribution in [3.8, 4) is 0 Å². The number of benzene rings is 1. The lowest BCUT2D eigenvalue weighted by Gasteiger charge is -2.04. The Kier molecular flexibility index (Phi) is 2.99. The fourth-order valence-electron chi connectivity index (χ4n) is 1.29. The molecule has 0 aliphatic rings. The molecule has 1 heterocycles. The van der Waals surface area contributed by atoms with Crippen molar-refractivity contribution in [3.05, 3.63) is 56.5 Å². The molecule has 2 aromatic rings. The number of aromatic amines is 2. The second kappa shape index (κ2) is 4.60. The van der Waals surface area contributed by atoms with Crippen LogP contribution in [0, 0.1) is 5.82 Å². The predicted octanol–water partition coefficient (Wildman–Crippen LogP) is 0.209. The molecule has 0 amide bonds. The van der Waals surface area contributed by atoms with Gasteiger partial charge in [0, 0.05) is 12.1 Å². The summed E-state index contributed by atoms with van der Waals surface area (Å²) in [7, 11) is 0. The summed E-state index contributed by atoms with van der Waals surface area (Å²) in [5.74, 6) is -0.436. The summed E-state index contributed by atoms with van der Waals surface area (Å²) in [5.41, 5.74) is -0.934. The third-order valence-corrected chi connectivity index (χ3v) is 2.12. The highest BCUT2D eigenvalue weighted by Gasteiger charge is 2.04. The smallest absolute Gasteiger partial charge is 0.342 e. The fourth-order valence-corrected chi connectivity index (χ4v) is 1.29. The van der Waals surface area contributed by atoms with Crippen LogP contribution in [0.2, 0.25) is 0 Å². The second-order valence-corrected chi connectivity index (χ2v) is 3.30. The number of H-pyrrole nitrogens is 2. The molecule has 0 fully saturated rings. The average Bonchev–Trinajstić information content (AvgIpc) is 2.30. The molecule has 17 heavy (non-hydrogen) atoms. The third kappa shape index (κ3) is 2.57. The number of rotatable bonds is 3. The highest BCUT2D eigenvalue weighted by atomic mass is 19.1. The first kappa shape index (κ1) is 11.1. The summed E-state index contributed by atoms with van der Waals surface area (Å²) in [6.07, 6.45) is 0. The summed E-state index contributed by atoms with van der Waals surface area (Å²) >= 11 is 0. The van der Waals surface area contributed by atoms with Crippen LogP contribution in [0.1, 0.15) is 5.56 Å². The van der Waals surface area contributed by atoms with Crippen molar-refractivity contribution < 1.29 is 4.39 Å². The lowest BCUT2D eigenvalue weighted by Crippen LogP contribution is -2.26. The van der Waals surface area contributed by atoms with Gasteiger partial charge < -0.3 is 5.32 Å². The van der Waals surface area contributed by atoms with Crippen molar-refractivity contribution in [1.29, 1.82) is 0 Å². The molecule has 3 N–H and O–H groups in total. The molecule has 0 aliphatic carbocycles. The van der Waals surface area contributed by atoms with Gasteiger partial charge in [0.15, 0.2) is 0 Å². The van der Waals surface area contributed by atoms with Gasteiger partial charge in [0.05, 0.1) is 0 Å². The molecule has 1 aromatic heterocycles. The normalized spacial score (nSPS) is 10.2. The highest BCUT2D eigenvalue weighted by Crippen LogP contribution is 2.07. The molecule has 0 bridgehead atoms. The molecule has 0 spiro atoms. The van der Waals surface area contributed by atoms with E-state index in [0.29, 0.717) is 5.56 Å². The van der Waals surface area contributed by atoms with E-state index in [-0.39, 0.29) is 18.2 Å². The van der Waals surface area contributed by atoms with Gasteiger partial charge in [0.25, 0.3) is 5.56 Å². The van der Waals surface area contributed by atoms with Crippen molar-refractivity contribution in [2.24, 2.45) is 0 Å². The standard InChI is InChI=1S/C10H9FN4O2/c11-7-4-2-1-3-6(7)5-12-8-9(16)13-10(17)15-14-8/h1-4H,5H2,(H,12,14)(H2,13,15,16,17). The monoisotopic (exact) mass is 236 g/mol. The molecule has 0 atom stereocenters. The first-order valence-electron chi connectivity index (χ1n) is 4.83. The van der Waals surface area contributed by atoms with E-state index in [4.69, 9.17) is 0 Å². The first-order valence-corrected chi connectivity index (χ1v) is 4.83. The summed E-state index contributed by atoms with van der Waals surface area (Å²) < 4.78 is 13.3. The minimum Gasteiger partial charge on any atom is -0.360 e. The molecule has 1 aromatic carbocycles. The summed E-state index contributed by atoms with van der Waals surface area (Å²) in [5, 5.41) is 8.21. The van der Waals surface area contributed by atoms with Crippen LogP contribution in [0.4, 0.5) is 10.2 Å².